The summed E-state index contributed by atoms with van der Waals surface area (Å²) in [5.41, 5.74) is -1.56. The largest absolute Gasteiger partial charge is 0.465 e. The molecule has 0 aliphatic rings. The molecule has 4 heteroatoms. The molecule has 0 N–H and O–H groups in total. The highest BCUT2D eigenvalue weighted by atomic mass is 19.1. The van der Waals surface area contributed by atoms with Gasteiger partial charge < -0.3 is 4.74 Å². The van der Waals surface area contributed by atoms with Gasteiger partial charge in [0.15, 0.2) is 5.41 Å². The zero-order valence-corrected chi connectivity index (χ0v) is 9.16. The Morgan fingerprint density at radius 3 is 2.69 bits per heavy atom. The number of carbonyl (C=O) groups excluding carboxylic acids is 1. The topological polar surface area (TPSA) is 50.1 Å². The molecule has 1 atom stereocenters. The SMILES string of the molecule is CCOC(=O)[C@](C)(C#N)c1ccccc1F. The van der Waals surface area contributed by atoms with E-state index in [0.29, 0.717) is 0 Å². The number of carbonyl (C=O) groups is 1. The second-order valence-corrected chi connectivity index (χ2v) is 3.44. The lowest BCUT2D eigenvalue weighted by molar-refractivity contribution is -0.147. The molecule has 0 unspecified atom stereocenters. The van der Waals surface area contributed by atoms with Gasteiger partial charge in [0, 0.05) is 5.56 Å². The monoisotopic (exact) mass is 221 g/mol. The summed E-state index contributed by atoms with van der Waals surface area (Å²) in [6.45, 7) is 3.14. The van der Waals surface area contributed by atoms with E-state index < -0.39 is 17.2 Å². The molecule has 0 radical (unpaired) electrons. The zero-order valence-electron chi connectivity index (χ0n) is 9.16. The lowest BCUT2D eigenvalue weighted by Gasteiger charge is -2.20. The maximum absolute atomic E-state index is 13.5. The minimum Gasteiger partial charge on any atom is -0.465 e. The van der Waals surface area contributed by atoms with E-state index in [1.165, 1.54) is 25.1 Å². The highest BCUT2D eigenvalue weighted by molar-refractivity contribution is 5.86. The Hall–Kier alpha value is -1.89. The molecule has 0 bridgehead atoms. The Morgan fingerprint density at radius 1 is 1.56 bits per heavy atom. The van der Waals surface area contributed by atoms with Crippen molar-refractivity contribution >= 4 is 5.97 Å². The molecular formula is C12H12FNO2. The molecule has 0 amide bonds. The Morgan fingerprint density at radius 2 is 2.19 bits per heavy atom. The number of nitrogens with zero attached hydrogens (tertiary/aromatic N) is 1. The van der Waals surface area contributed by atoms with E-state index in [4.69, 9.17) is 10.00 Å². The molecule has 3 nitrogen and oxygen atoms in total. The Labute approximate surface area is 93.5 Å². The van der Waals surface area contributed by atoms with Crippen LogP contribution in [0.2, 0.25) is 0 Å². The fourth-order valence-electron chi connectivity index (χ4n) is 1.36. The Bertz CT molecular complexity index is 439. The normalized spacial score (nSPS) is 13.6. The predicted octanol–water partition coefficient (Wildman–Crippen LogP) is 2.17. The number of halogens is 1. The van der Waals surface area contributed by atoms with Gasteiger partial charge in [-0.3, -0.25) is 0 Å². The van der Waals surface area contributed by atoms with E-state index in [1.54, 1.807) is 19.1 Å². The van der Waals surface area contributed by atoms with Crippen LogP contribution in [0.1, 0.15) is 19.4 Å². The number of hydrogen-bond acceptors (Lipinski definition) is 3. The maximum atomic E-state index is 13.5. The standard InChI is InChI=1S/C12H12FNO2/c1-3-16-11(15)12(2,8-14)9-6-4-5-7-10(9)13/h4-7H,3H2,1-2H3/t12-/m1/s1. The molecule has 0 saturated heterocycles. The van der Waals surface area contributed by atoms with Crippen molar-refractivity contribution in [2.24, 2.45) is 0 Å². The first-order valence-corrected chi connectivity index (χ1v) is 4.89. The van der Waals surface area contributed by atoms with E-state index >= 15 is 0 Å². The molecule has 16 heavy (non-hydrogen) atoms. The summed E-state index contributed by atoms with van der Waals surface area (Å²) < 4.78 is 18.3. The fourth-order valence-corrected chi connectivity index (χ4v) is 1.36. The van der Waals surface area contributed by atoms with Gasteiger partial charge in [-0.15, -0.1) is 0 Å². The number of nitriles is 1. The molecular weight excluding hydrogens is 209 g/mol. The van der Waals surface area contributed by atoms with Gasteiger partial charge in [-0.25, -0.2) is 9.18 Å². The average Bonchev–Trinajstić information content (AvgIpc) is 2.29. The third-order valence-electron chi connectivity index (χ3n) is 2.32. The quantitative estimate of drug-likeness (QED) is 0.735. The highest BCUT2D eigenvalue weighted by Crippen LogP contribution is 2.26. The van der Waals surface area contributed by atoms with Gasteiger partial charge in [0.2, 0.25) is 0 Å². The first kappa shape index (κ1) is 12.2. The van der Waals surface area contributed by atoms with Crippen LogP contribution in [0.5, 0.6) is 0 Å². The van der Waals surface area contributed by atoms with E-state index in [-0.39, 0.29) is 12.2 Å². The van der Waals surface area contributed by atoms with Gasteiger partial charge in [0.25, 0.3) is 0 Å². The molecule has 0 aliphatic carbocycles. The van der Waals surface area contributed by atoms with Crippen LogP contribution < -0.4 is 0 Å². The molecule has 1 rings (SSSR count). The van der Waals surface area contributed by atoms with Gasteiger partial charge in [0.05, 0.1) is 12.7 Å². The minimum atomic E-state index is -1.60. The van der Waals surface area contributed by atoms with Gasteiger partial charge in [-0.1, -0.05) is 18.2 Å². The number of esters is 1. The maximum Gasteiger partial charge on any atom is 0.330 e. The van der Waals surface area contributed by atoms with Gasteiger partial charge >= 0.3 is 5.97 Å². The second-order valence-electron chi connectivity index (χ2n) is 3.44. The van der Waals surface area contributed by atoms with E-state index in [2.05, 4.69) is 0 Å². The minimum absolute atomic E-state index is 0.0379. The van der Waals surface area contributed by atoms with E-state index in [9.17, 15) is 9.18 Å². The third-order valence-corrected chi connectivity index (χ3v) is 2.32. The summed E-state index contributed by atoms with van der Waals surface area (Å²) in [5.74, 6) is -1.32. The Kier molecular flexibility index (Phi) is 3.62. The molecule has 1 aromatic rings. The van der Waals surface area contributed by atoms with Crippen LogP contribution in [0.15, 0.2) is 24.3 Å². The van der Waals surface area contributed by atoms with Crippen LogP contribution in [0.3, 0.4) is 0 Å². The molecule has 84 valence electrons. The smallest absolute Gasteiger partial charge is 0.330 e. The first-order valence-electron chi connectivity index (χ1n) is 4.89. The van der Waals surface area contributed by atoms with Crippen molar-refractivity contribution in [1.29, 1.82) is 5.26 Å². The summed E-state index contributed by atoms with van der Waals surface area (Å²) in [7, 11) is 0. The summed E-state index contributed by atoms with van der Waals surface area (Å²) in [6.07, 6.45) is 0. The van der Waals surface area contributed by atoms with Gasteiger partial charge in [0.1, 0.15) is 5.82 Å². The molecule has 0 aliphatic heterocycles. The summed E-state index contributed by atoms with van der Waals surface area (Å²) in [5, 5.41) is 9.04. The van der Waals surface area contributed by atoms with E-state index in [1.807, 2.05) is 0 Å². The van der Waals surface area contributed by atoms with Gasteiger partial charge in [-0.2, -0.15) is 5.26 Å². The van der Waals surface area contributed by atoms with Crippen molar-refractivity contribution in [3.63, 3.8) is 0 Å². The number of hydrogen-bond donors (Lipinski definition) is 0. The summed E-state index contributed by atoms with van der Waals surface area (Å²) in [6, 6.07) is 7.51. The molecule has 0 fully saturated rings. The van der Waals surface area contributed by atoms with Crippen molar-refractivity contribution in [2.45, 2.75) is 19.3 Å². The molecule has 0 aromatic heterocycles. The lowest BCUT2D eigenvalue weighted by atomic mass is 9.84. The van der Waals surface area contributed by atoms with Gasteiger partial charge in [-0.05, 0) is 19.9 Å². The molecule has 0 saturated carbocycles. The van der Waals surface area contributed by atoms with Crippen LogP contribution in [0.4, 0.5) is 4.39 Å². The van der Waals surface area contributed by atoms with Crippen LogP contribution in [-0.4, -0.2) is 12.6 Å². The molecule has 1 aromatic carbocycles. The lowest BCUT2D eigenvalue weighted by Crippen LogP contribution is -2.33. The number of rotatable bonds is 3. The van der Waals surface area contributed by atoms with Crippen LogP contribution in [0, 0.1) is 17.1 Å². The van der Waals surface area contributed by atoms with Crippen molar-refractivity contribution in [3.8, 4) is 6.07 Å². The van der Waals surface area contributed by atoms with Crippen molar-refractivity contribution < 1.29 is 13.9 Å². The first-order chi connectivity index (χ1) is 7.56. The average molecular weight is 221 g/mol. The van der Waals surface area contributed by atoms with Crippen LogP contribution >= 0.6 is 0 Å². The third kappa shape index (κ3) is 2.03. The Balaban J connectivity index is 3.21. The molecule has 0 spiro atoms. The van der Waals surface area contributed by atoms with E-state index in [0.717, 1.165) is 0 Å². The zero-order chi connectivity index (χ0) is 12.2. The predicted molar refractivity (Wildman–Crippen MR) is 56.0 cm³/mol. The van der Waals surface area contributed by atoms with Crippen LogP contribution in [-0.2, 0) is 14.9 Å². The van der Waals surface area contributed by atoms with Crippen molar-refractivity contribution in [2.75, 3.05) is 6.61 Å². The number of ether oxygens (including phenoxy) is 1. The number of benzene rings is 1. The van der Waals surface area contributed by atoms with Crippen LogP contribution in [0.25, 0.3) is 0 Å². The fraction of sp³-hybridized carbons (Fsp3) is 0.333. The summed E-state index contributed by atoms with van der Waals surface area (Å²) in [4.78, 5) is 11.6. The summed E-state index contributed by atoms with van der Waals surface area (Å²) >= 11 is 0. The highest BCUT2D eigenvalue weighted by Gasteiger charge is 2.39. The molecule has 0 heterocycles. The van der Waals surface area contributed by atoms with Crippen molar-refractivity contribution in [3.05, 3.63) is 35.6 Å². The van der Waals surface area contributed by atoms with Crippen molar-refractivity contribution in [1.82, 2.24) is 0 Å². The second kappa shape index (κ2) is 4.75.